The van der Waals surface area contributed by atoms with Gasteiger partial charge in [-0.05, 0) is 25.0 Å². The molecule has 0 spiro atoms. The molecule has 4 heteroatoms. The van der Waals surface area contributed by atoms with E-state index in [1.54, 1.807) is 0 Å². The molecule has 4 nitrogen and oxygen atoms in total. The van der Waals surface area contributed by atoms with E-state index < -0.39 is 0 Å². The summed E-state index contributed by atoms with van der Waals surface area (Å²) in [5.41, 5.74) is 7.15. The van der Waals surface area contributed by atoms with Crippen molar-refractivity contribution in [1.29, 1.82) is 0 Å². The molecule has 88 valence electrons. The molecule has 1 aromatic rings. The average Bonchev–Trinajstić information content (AvgIpc) is 2.29. The van der Waals surface area contributed by atoms with Gasteiger partial charge in [-0.15, -0.1) is 0 Å². The van der Waals surface area contributed by atoms with E-state index >= 15 is 0 Å². The van der Waals surface area contributed by atoms with Crippen molar-refractivity contribution in [3.8, 4) is 0 Å². The summed E-state index contributed by atoms with van der Waals surface area (Å²) in [4.78, 5) is 8.75. The molecule has 2 N–H and O–H groups in total. The number of aromatic nitrogens is 1. The lowest BCUT2D eigenvalue weighted by Gasteiger charge is -2.32. The maximum atomic E-state index is 5.97. The number of hydrogen-bond donors (Lipinski definition) is 1. The average molecular weight is 220 g/mol. The number of hydrogen-bond acceptors (Lipinski definition) is 4. The standard InChI is InChI=1S/C12H20N4/c1-15(2)12-6-5-11(8-14-12)16-7-3-4-10(13)9-16/h5-6,8,10H,3-4,7,9,13H2,1-2H3/t10-/m0/s1. The maximum absolute atomic E-state index is 5.97. The molecule has 0 radical (unpaired) electrons. The summed E-state index contributed by atoms with van der Waals surface area (Å²) in [6.07, 6.45) is 4.25. The van der Waals surface area contributed by atoms with Gasteiger partial charge in [0, 0.05) is 33.2 Å². The van der Waals surface area contributed by atoms with Gasteiger partial charge in [0.05, 0.1) is 11.9 Å². The third-order valence-electron chi connectivity index (χ3n) is 3.01. The van der Waals surface area contributed by atoms with Crippen LogP contribution in [-0.2, 0) is 0 Å². The molecule has 1 aliphatic heterocycles. The Hall–Kier alpha value is -1.29. The summed E-state index contributed by atoms with van der Waals surface area (Å²) in [5.74, 6) is 0.991. The molecule has 0 unspecified atom stereocenters. The quantitative estimate of drug-likeness (QED) is 0.810. The van der Waals surface area contributed by atoms with Crippen molar-refractivity contribution in [2.45, 2.75) is 18.9 Å². The summed E-state index contributed by atoms with van der Waals surface area (Å²) in [6, 6.07) is 4.48. The Labute approximate surface area is 97.1 Å². The minimum absolute atomic E-state index is 0.308. The van der Waals surface area contributed by atoms with Crippen LogP contribution in [0.1, 0.15) is 12.8 Å². The van der Waals surface area contributed by atoms with Gasteiger partial charge in [-0.25, -0.2) is 4.98 Å². The van der Waals surface area contributed by atoms with Gasteiger partial charge >= 0.3 is 0 Å². The van der Waals surface area contributed by atoms with E-state index in [-0.39, 0.29) is 0 Å². The molecule has 0 saturated carbocycles. The van der Waals surface area contributed by atoms with Crippen LogP contribution >= 0.6 is 0 Å². The lowest BCUT2D eigenvalue weighted by molar-refractivity contribution is 0.506. The summed E-state index contributed by atoms with van der Waals surface area (Å²) in [6.45, 7) is 2.04. The normalized spacial score (nSPS) is 20.9. The molecule has 16 heavy (non-hydrogen) atoms. The van der Waals surface area contributed by atoms with Crippen molar-refractivity contribution in [3.63, 3.8) is 0 Å². The molecule has 0 amide bonds. The van der Waals surface area contributed by atoms with Crippen molar-refractivity contribution in [3.05, 3.63) is 18.3 Å². The van der Waals surface area contributed by atoms with Crippen molar-refractivity contribution in [2.75, 3.05) is 37.0 Å². The molecule has 0 bridgehead atoms. The highest BCUT2D eigenvalue weighted by Gasteiger charge is 2.16. The minimum atomic E-state index is 0.308. The predicted octanol–water partition coefficient (Wildman–Crippen LogP) is 1.08. The van der Waals surface area contributed by atoms with Crippen molar-refractivity contribution in [1.82, 2.24) is 4.98 Å². The van der Waals surface area contributed by atoms with Gasteiger partial charge in [0.15, 0.2) is 0 Å². The second-order valence-electron chi connectivity index (χ2n) is 4.62. The van der Waals surface area contributed by atoms with Crippen LogP contribution in [0.25, 0.3) is 0 Å². The van der Waals surface area contributed by atoms with E-state index in [4.69, 9.17) is 5.73 Å². The molecule has 2 heterocycles. The number of anilines is 2. The summed E-state index contributed by atoms with van der Waals surface area (Å²) >= 11 is 0. The first-order chi connectivity index (χ1) is 7.66. The van der Waals surface area contributed by atoms with Crippen LogP contribution in [0.3, 0.4) is 0 Å². The molecule has 1 fully saturated rings. The Morgan fingerprint density at radius 2 is 2.25 bits per heavy atom. The van der Waals surface area contributed by atoms with Crippen LogP contribution in [-0.4, -0.2) is 38.2 Å². The van der Waals surface area contributed by atoms with E-state index in [0.29, 0.717) is 6.04 Å². The number of piperidine rings is 1. The van der Waals surface area contributed by atoms with Crippen LogP contribution in [0.2, 0.25) is 0 Å². The van der Waals surface area contributed by atoms with E-state index in [1.807, 2.05) is 25.2 Å². The lowest BCUT2D eigenvalue weighted by atomic mass is 10.1. The van der Waals surface area contributed by atoms with Gasteiger partial charge in [0.2, 0.25) is 0 Å². The maximum Gasteiger partial charge on any atom is 0.128 e. The fourth-order valence-corrected chi connectivity index (χ4v) is 2.07. The molecule has 0 aromatic carbocycles. The number of rotatable bonds is 2. The van der Waals surface area contributed by atoms with Crippen molar-refractivity contribution >= 4 is 11.5 Å². The smallest absolute Gasteiger partial charge is 0.128 e. The molecular weight excluding hydrogens is 200 g/mol. The molecule has 0 aliphatic carbocycles. The highest BCUT2D eigenvalue weighted by atomic mass is 15.2. The lowest BCUT2D eigenvalue weighted by Crippen LogP contribution is -2.42. The monoisotopic (exact) mass is 220 g/mol. The Morgan fingerprint density at radius 3 is 2.81 bits per heavy atom. The highest BCUT2D eigenvalue weighted by Crippen LogP contribution is 2.20. The predicted molar refractivity (Wildman–Crippen MR) is 68.0 cm³/mol. The zero-order valence-electron chi connectivity index (χ0n) is 10.1. The molecular formula is C12H20N4. The van der Waals surface area contributed by atoms with Crippen LogP contribution < -0.4 is 15.5 Å². The Balaban J connectivity index is 2.09. The summed E-state index contributed by atoms with van der Waals surface area (Å²) < 4.78 is 0. The number of pyridine rings is 1. The van der Waals surface area contributed by atoms with Gasteiger partial charge < -0.3 is 15.5 Å². The van der Waals surface area contributed by atoms with Gasteiger partial charge in [0.1, 0.15) is 5.82 Å². The van der Waals surface area contributed by atoms with Crippen LogP contribution in [0, 0.1) is 0 Å². The van der Waals surface area contributed by atoms with Crippen molar-refractivity contribution < 1.29 is 0 Å². The van der Waals surface area contributed by atoms with Crippen LogP contribution in [0.15, 0.2) is 18.3 Å². The minimum Gasteiger partial charge on any atom is -0.369 e. The first-order valence-electron chi connectivity index (χ1n) is 5.81. The van der Waals surface area contributed by atoms with Gasteiger partial charge in [-0.3, -0.25) is 0 Å². The SMILES string of the molecule is CN(C)c1ccc(N2CCC[C@H](N)C2)cn1. The van der Waals surface area contributed by atoms with Crippen LogP contribution in [0.4, 0.5) is 11.5 Å². The molecule has 1 atom stereocenters. The molecule has 1 aromatic heterocycles. The van der Waals surface area contributed by atoms with Crippen LogP contribution in [0.5, 0.6) is 0 Å². The highest BCUT2D eigenvalue weighted by molar-refractivity contribution is 5.50. The topological polar surface area (TPSA) is 45.4 Å². The van der Waals surface area contributed by atoms with E-state index in [9.17, 15) is 0 Å². The summed E-state index contributed by atoms with van der Waals surface area (Å²) in [5, 5.41) is 0. The summed E-state index contributed by atoms with van der Waals surface area (Å²) in [7, 11) is 4.00. The Morgan fingerprint density at radius 1 is 1.44 bits per heavy atom. The number of nitrogens with zero attached hydrogens (tertiary/aromatic N) is 3. The zero-order chi connectivity index (χ0) is 11.5. The number of nitrogens with two attached hydrogens (primary N) is 1. The Bertz CT molecular complexity index is 333. The molecule has 2 rings (SSSR count). The third kappa shape index (κ3) is 2.44. The fraction of sp³-hybridized carbons (Fsp3) is 0.583. The first-order valence-corrected chi connectivity index (χ1v) is 5.81. The van der Waals surface area contributed by atoms with E-state index in [0.717, 1.165) is 25.3 Å². The van der Waals surface area contributed by atoms with E-state index in [2.05, 4.69) is 22.0 Å². The fourth-order valence-electron chi connectivity index (χ4n) is 2.07. The molecule has 1 saturated heterocycles. The van der Waals surface area contributed by atoms with Gasteiger partial charge in [0.25, 0.3) is 0 Å². The first kappa shape index (κ1) is 11.2. The second-order valence-corrected chi connectivity index (χ2v) is 4.62. The van der Waals surface area contributed by atoms with E-state index in [1.165, 1.54) is 12.1 Å². The van der Waals surface area contributed by atoms with Crippen molar-refractivity contribution in [2.24, 2.45) is 5.73 Å². The zero-order valence-corrected chi connectivity index (χ0v) is 10.1. The molecule has 1 aliphatic rings. The van der Waals surface area contributed by atoms with Gasteiger partial charge in [-0.1, -0.05) is 0 Å². The Kier molecular flexibility index (Phi) is 3.29. The third-order valence-corrected chi connectivity index (χ3v) is 3.01. The largest absolute Gasteiger partial charge is 0.369 e. The second kappa shape index (κ2) is 4.70. The van der Waals surface area contributed by atoms with Gasteiger partial charge in [-0.2, -0.15) is 0 Å².